The Morgan fingerprint density at radius 1 is 0.829 bits per heavy atom. The lowest BCUT2D eigenvalue weighted by Gasteiger charge is -2.42. The number of phenolic OH excluding ortho intramolecular Hbond substituents is 2. The number of rotatable bonds is 8. The van der Waals surface area contributed by atoms with E-state index in [1.54, 1.807) is 12.1 Å². The monoisotopic (exact) mass is 580 g/mol. The van der Waals surface area contributed by atoms with E-state index >= 15 is 0 Å². The number of fused-ring (bicyclic) bond motifs is 6. The molecule has 8 atom stereocenters. The van der Waals surface area contributed by atoms with E-state index < -0.39 is 49.1 Å². The van der Waals surface area contributed by atoms with Crippen molar-refractivity contribution in [2.75, 3.05) is 48.3 Å². The summed E-state index contributed by atoms with van der Waals surface area (Å²) in [5.41, 5.74) is 1.91. The van der Waals surface area contributed by atoms with Gasteiger partial charge in [0.25, 0.3) is 0 Å². The van der Waals surface area contributed by atoms with Gasteiger partial charge in [0.1, 0.15) is 30.2 Å². The molecule has 2 aromatic rings. The Morgan fingerprint density at radius 3 is 2.07 bits per heavy atom. The summed E-state index contributed by atoms with van der Waals surface area (Å²) in [4.78, 5) is 0. The molecule has 2 aliphatic heterocycles. The van der Waals surface area contributed by atoms with Gasteiger partial charge < -0.3 is 63.8 Å². The van der Waals surface area contributed by atoms with E-state index in [1.165, 1.54) is 28.4 Å². The largest absolute Gasteiger partial charge is 0.502 e. The van der Waals surface area contributed by atoms with Crippen LogP contribution in [0.25, 0.3) is 0 Å². The average molecular weight is 581 g/mol. The van der Waals surface area contributed by atoms with Crippen molar-refractivity contribution in [2.45, 2.75) is 43.0 Å². The highest BCUT2D eigenvalue weighted by Gasteiger charge is 2.49. The Bertz CT molecular complexity index is 1250. The number of aliphatic hydroxyl groups is 4. The number of ether oxygens (including phenoxy) is 7. The van der Waals surface area contributed by atoms with Crippen LogP contribution in [0.3, 0.4) is 0 Å². The zero-order valence-corrected chi connectivity index (χ0v) is 23.1. The fraction of sp³-hybridized carbons (Fsp3) is 0.571. The molecule has 13 heteroatoms. The van der Waals surface area contributed by atoms with E-state index in [0.717, 1.165) is 5.56 Å². The fourth-order valence-corrected chi connectivity index (χ4v) is 6.26. The molecule has 226 valence electrons. The molecule has 1 fully saturated rings. The molecule has 0 saturated carbocycles. The molecule has 5 rings (SSSR count). The van der Waals surface area contributed by atoms with Gasteiger partial charge in [-0.05, 0) is 18.1 Å². The second kappa shape index (κ2) is 11.6. The molecule has 0 spiro atoms. The van der Waals surface area contributed by atoms with Crippen molar-refractivity contribution in [1.82, 2.24) is 0 Å². The minimum Gasteiger partial charge on any atom is -0.502 e. The SMILES string of the molecule is COc1cc2c(c(OC)c1O)[C@@H]1c3c(cc(OC)c(O)c3OC)OC[C@H](C2)[C@@H]1CO[C@@H]1O[C@H](CO)[C@@H](O)[C@H](O)[C@H]1O. The van der Waals surface area contributed by atoms with Gasteiger partial charge in [-0.1, -0.05) is 0 Å². The summed E-state index contributed by atoms with van der Waals surface area (Å²) in [5.74, 6) is -0.635. The van der Waals surface area contributed by atoms with E-state index in [-0.39, 0.29) is 53.6 Å². The Morgan fingerprint density at radius 2 is 1.46 bits per heavy atom. The second-order valence-electron chi connectivity index (χ2n) is 10.4. The van der Waals surface area contributed by atoms with Crippen LogP contribution < -0.4 is 23.7 Å². The molecule has 41 heavy (non-hydrogen) atoms. The van der Waals surface area contributed by atoms with Crippen LogP contribution in [0.15, 0.2) is 12.1 Å². The minimum atomic E-state index is -1.60. The van der Waals surface area contributed by atoms with E-state index in [0.29, 0.717) is 23.3 Å². The molecule has 0 aromatic heterocycles. The van der Waals surface area contributed by atoms with Crippen LogP contribution in [0.4, 0.5) is 0 Å². The van der Waals surface area contributed by atoms with Gasteiger partial charge >= 0.3 is 0 Å². The maximum Gasteiger partial charge on any atom is 0.201 e. The smallest absolute Gasteiger partial charge is 0.201 e. The number of aliphatic hydroxyl groups excluding tert-OH is 4. The standard InChI is InChI=1S/C28H36O13/c1-35-15-6-11-5-12-9-39-14-7-16(36-2)23(32)27(38-4)20(14)19(18(11)26(37-3)22(15)31)13(12)10-40-28-25(34)24(33)21(30)17(8-29)41-28/h6-7,12-13,17,19,21,24-25,28-34H,5,8-10H2,1-4H3/t12-,13-,17+,19+,21+,24-,25+,28+/m0/s1. The molecule has 0 unspecified atom stereocenters. The molecule has 1 saturated heterocycles. The van der Waals surface area contributed by atoms with Crippen LogP contribution in [0.2, 0.25) is 0 Å². The highest BCUT2D eigenvalue weighted by Crippen LogP contribution is 2.59. The first-order valence-electron chi connectivity index (χ1n) is 13.2. The Hall–Kier alpha value is -3.20. The number of benzene rings is 2. The summed E-state index contributed by atoms with van der Waals surface area (Å²) in [6.45, 7) is -0.412. The number of methoxy groups -OCH3 is 4. The highest BCUT2D eigenvalue weighted by atomic mass is 16.7. The van der Waals surface area contributed by atoms with Gasteiger partial charge in [0, 0.05) is 34.9 Å². The van der Waals surface area contributed by atoms with E-state index in [1.807, 2.05) is 0 Å². The van der Waals surface area contributed by atoms with Crippen LogP contribution in [0.1, 0.15) is 22.6 Å². The van der Waals surface area contributed by atoms with Gasteiger partial charge in [-0.2, -0.15) is 0 Å². The lowest BCUT2D eigenvalue weighted by Crippen LogP contribution is -2.59. The maximum absolute atomic E-state index is 11.0. The normalized spacial score (nSPS) is 30.3. The number of aromatic hydroxyl groups is 2. The third-order valence-corrected chi connectivity index (χ3v) is 8.31. The van der Waals surface area contributed by atoms with Crippen molar-refractivity contribution >= 4 is 0 Å². The number of phenols is 2. The topological polar surface area (TPSA) is 186 Å². The van der Waals surface area contributed by atoms with Crippen molar-refractivity contribution in [2.24, 2.45) is 11.8 Å². The van der Waals surface area contributed by atoms with Crippen LogP contribution in [0, 0.1) is 11.8 Å². The van der Waals surface area contributed by atoms with E-state index in [9.17, 15) is 30.6 Å². The summed E-state index contributed by atoms with van der Waals surface area (Å²) >= 11 is 0. The molecule has 13 nitrogen and oxygen atoms in total. The van der Waals surface area contributed by atoms with Gasteiger partial charge in [0.2, 0.25) is 11.5 Å². The zero-order valence-electron chi connectivity index (χ0n) is 23.1. The molecule has 2 bridgehead atoms. The summed E-state index contributed by atoms with van der Waals surface area (Å²) in [6, 6.07) is 3.31. The van der Waals surface area contributed by atoms with Crippen molar-refractivity contribution < 1.29 is 63.8 Å². The molecule has 1 aliphatic carbocycles. The molecule has 0 amide bonds. The first kappa shape index (κ1) is 29.3. The Kier molecular flexibility index (Phi) is 8.28. The number of hydrogen-bond donors (Lipinski definition) is 6. The second-order valence-corrected chi connectivity index (χ2v) is 10.4. The third-order valence-electron chi connectivity index (χ3n) is 8.31. The zero-order chi connectivity index (χ0) is 29.6. The van der Waals surface area contributed by atoms with Gasteiger partial charge in [0.05, 0.1) is 48.3 Å². The lowest BCUT2D eigenvalue weighted by atomic mass is 9.66. The summed E-state index contributed by atoms with van der Waals surface area (Å²) in [6.07, 6.45) is -6.72. The molecule has 2 aromatic carbocycles. The first-order chi connectivity index (χ1) is 19.7. The summed E-state index contributed by atoms with van der Waals surface area (Å²) in [5, 5.41) is 62.7. The van der Waals surface area contributed by atoms with Gasteiger partial charge in [-0.25, -0.2) is 0 Å². The van der Waals surface area contributed by atoms with Crippen LogP contribution in [-0.4, -0.2) is 110 Å². The van der Waals surface area contributed by atoms with Crippen LogP contribution in [-0.2, 0) is 15.9 Å². The quantitative estimate of drug-likeness (QED) is 0.250. The van der Waals surface area contributed by atoms with Crippen molar-refractivity contribution in [1.29, 1.82) is 0 Å². The van der Waals surface area contributed by atoms with Gasteiger partial charge in [0.15, 0.2) is 29.3 Å². The Balaban J connectivity index is 1.65. The molecule has 0 radical (unpaired) electrons. The summed E-state index contributed by atoms with van der Waals surface area (Å²) < 4.78 is 40.0. The third kappa shape index (κ3) is 4.76. The van der Waals surface area contributed by atoms with Crippen LogP contribution in [0.5, 0.6) is 40.2 Å². The molecule has 6 N–H and O–H groups in total. The predicted octanol–water partition coefficient (Wildman–Crippen LogP) is 0.261. The minimum absolute atomic E-state index is 0.0494. The molecule has 3 aliphatic rings. The molecular weight excluding hydrogens is 544 g/mol. The van der Waals surface area contributed by atoms with Crippen LogP contribution >= 0.6 is 0 Å². The molecular formula is C28H36O13. The predicted molar refractivity (Wildman–Crippen MR) is 140 cm³/mol. The first-order valence-corrected chi connectivity index (χ1v) is 13.2. The lowest BCUT2D eigenvalue weighted by molar-refractivity contribution is -0.304. The van der Waals surface area contributed by atoms with Crippen molar-refractivity contribution in [3.8, 4) is 40.2 Å². The number of hydrogen-bond acceptors (Lipinski definition) is 13. The summed E-state index contributed by atoms with van der Waals surface area (Å²) in [7, 11) is 5.69. The van der Waals surface area contributed by atoms with E-state index in [4.69, 9.17) is 33.2 Å². The average Bonchev–Trinajstić information content (AvgIpc) is 3.08. The Labute approximate surface area is 236 Å². The van der Waals surface area contributed by atoms with Gasteiger partial charge in [-0.3, -0.25) is 0 Å². The van der Waals surface area contributed by atoms with Crippen molar-refractivity contribution in [3.05, 3.63) is 28.8 Å². The highest BCUT2D eigenvalue weighted by molar-refractivity contribution is 5.69. The van der Waals surface area contributed by atoms with Crippen molar-refractivity contribution in [3.63, 3.8) is 0 Å². The van der Waals surface area contributed by atoms with Gasteiger partial charge in [-0.15, -0.1) is 0 Å². The maximum atomic E-state index is 11.0. The fourth-order valence-electron chi connectivity index (χ4n) is 6.26. The van der Waals surface area contributed by atoms with E-state index in [2.05, 4.69) is 0 Å². The molecule has 2 heterocycles.